The molecule has 0 N–H and O–H groups in total. The summed E-state index contributed by atoms with van der Waals surface area (Å²) in [5.74, 6) is -14.2. The van der Waals surface area contributed by atoms with Gasteiger partial charge < -0.3 is 59.4 Å². The Bertz CT molecular complexity index is 448. The SMILES string of the molecule is O=C([O-])CCC(C(=O)[O-])C(=O)[O-].O=C([O-])CCC(C(=O)[O-])C(=O)[O-].[Ca+2].[Ca+2].[Ca+2]. The van der Waals surface area contributed by atoms with E-state index in [0.29, 0.717) is 0 Å². The summed E-state index contributed by atoms with van der Waals surface area (Å²) in [6.45, 7) is 0. The molecule has 136 valence electrons. The Morgan fingerprint density at radius 1 is 0.481 bits per heavy atom. The van der Waals surface area contributed by atoms with E-state index in [9.17, 15) is 59.4 Å². The van der Waals surface area contributed by atoms with Crippen LogP contribution in [0.1, 0.15) is 25.7 Å². The first kappa shape index (κ1) is 38.2. The third-order valence-electron chi connectivity index (χ3n) is 2.41. The largest absolute Gasteiger partial charge is 2.00 e. The fraction of sp³-hybridized carbons (Fsp3) is 0.500. The smallest absolute Gasteiger partial charge is 0.550 e. The van der Waals surface area contributed by atoms with Crippen LogP contribution in [-0.4, -0.2) is 149 Å². The molecule has 0 rings (SSSR count). The van der Waals surface area contributed by atoms with E-state index in [4.69, 9.17) is 0 Å². The summed E-state index contributed by atoms with van der Waals surface area (Å²) in [6, 6.07) is 0. The maximum Gasteiger partial charge on any atom is 2.00 e. The van der Waals surface area contributed by atoms with Gasteiger partial charge in [-0.1, -0.05) is 0 Å². The molecule has 0 aromatic carbocycles. The van der Waals surface area contributed by atoms with Crippen LogP contribution in [0.4, 0.5) is 0 Å². The first-order valence-electron chi connectivity index (χ1n) is 6.13. The molecule has 27 heavy (non-hydrogen) atoms. The molecule has 0 saturated carbocycles. The standard InChI is InChI=1S/2C6H8O6.3Ca/c2*7-4(8)2-1-3(5(9)10)6(11)12;;;/h2*3H,1-2H2,(H,7,8)(H,9,10)(H,11,12);;;/q;;3*+2/p-6. The van der Waals surface area contributed by atoms with Gasteiger partial charge in [0.1, 0.15) is 0 Å². The maximum absolute atomic E-state index is 10.0. The van der Waals surface area contributed by atoms with Crippen LogP contribution < -0.4 is 30.6 Å². The average Bonchev–Trinajstić information content (AvgIpc) is 2.37. The van der Waals surface area contributed by atoms with Gasteiger partial charge in [-0.15, -0.1) is 0 Å². The first-order valence-corrected chi connectivity index (χ1v) is 6.13. The van der Waals surface area contributed by atoms with Crippen molar-refractivity contribution in [3.63, 3.8) is 0 Å². The molecular formula is C12H10Ca3O12. The van der Waals surface area contributed by atoms with Gasteiger partial charge in [-0.3, -0.25) is 0 Å². The molecule has 0 fully saturated rings. The van der Waals surface area contributed by atoms with Crippen molar-refractivity contribution in [1.29, 1.82) is 0 Å². The zero-order chi connectivity index (χ0) is 19.4. The van der Waals surface area contributed by atoms with Crippen LogP contribution in [0.25, 0.3) is 0 Å². The Kier molecular flexibility index (Phi) is 30.2. The van der Waals surface area contributed by atoms with E-state index in [1.54, 1.807) is 0 Å². The second kappa shape index (κ2) is 21.3. The third kappa shape index (κ3) is 22.7. The van der Waals surface area contributed by atoms with Crippen molar-refractivity contribution in [1.82, 2.24) is 0 Å². The summed E-state index contributed by atoms with van der Waals surface area (Å²) in [5, 5.41) is 59.7. The molecule has 0 aliphatic rings. The number of rotatable bonds is 10. The van der Waals surface area contributed by atoms with Crippen molar-refractivity contribution in [2.75, 3.05) is 0 Å². The number of carbonyl (C=O) groups is 6. The van der Waals surface area contributed by atoms with E-state index in [1.807, 2.05) is 0 Å². The molecule has 0 aliphatic heterocycles. The number of carboxylic acids is 6. The van der Waals surface area contributed by atoms with Crippen molar-refractivity contribution in [2.24, 2.45) is 11.8 Å². The molecule has 0 aromatic heterocycles. The number of aliphatic carboxylic acids is 6. The van der Waals surface area contributed by atoms with Crippen LogP contribution in [0, 0.1) is 11.8 Å². The molecule has 0 amide bonds. The number of hydrogen-bond acceptors (Lipinski definition) is 12. The van der Waals surface area contributed by atoms with Crippen LogP contribution in [0.15, 0.2) is 0 Å². The second-order valence-electron chi connectivity index (χ2n) is 4.20. The molecule has 0 saturated heterocycles. The zero-order valence-electron chi connectivity index (χ0n) is 14.0. The summed E-state index contributed by atoms with van der Waals surface area (Å²) in [7, 11) is 0. The van der Waals surface area contributed by atoms with Crippen LogP contribution in [0.2, 0.25) is 0 Å². The average molecular weight is 466 g/mol. The van der Waals surface area contributed by atoms with Crippen LogP contribution in [0.3, 0.4) is 0 Å². The van der Waals surface area contributed by atoms with Gasteiger partial charge in [-0.2, -0.15) is 0 Å². The summed E-state index contributed by atoms with van der Waals surface area (Å²) >= 11 is 0. The molecule has 12 nitrogen and oxygen atoms in total. The maximum atomic E-state index is 10.0. The van der Waals surface area contributed by atoms with Gasteiger partial charge in [0, 0.05) is 23.8 Å². The Morgan fingerprint density at radius 3 is 0.778 bits per heavy atom. The molecule has 0 unspecified atom stereocenters. The predicted molar refractivity (Wildman–Crippen MR) is 72.8 cm³/mol. The van der Waals surface area contributed by atoms with Gasteiger partial charge in [-0.25, -0.2) is 0 Å². The molecule has 0 aliphatic carbocycles. The normalized spacial score (nSPS) is 8.67. The molecule has 15 heteroatoms. The molecular weight excluding hydrogens is 456 g/mol. The van der Waals surface area contributed by atoms with E-state index in [-0.39, 0.29) is 113 Å². The van der Waals surface area contributed by atoms with Gasteiger partial charge in [0.25, 0.3) is 0 Å². The van der Waals surface area contributed by atoms with Gasteiger partial charge in [-0.05, 0) is 25.7 Å². The molecule has 0 aromatic rings. The van der Waals surface area contributed by atoms with Gasteiger partial charge in [0.2, 0.25) is 0 Å². The molecule has 0 atom stereocenters. The second-order valence-corrected chi connectivity index (χ2v) is 4.20. The summed E-state index contributed by atoms with van der Waals surface area (Å²) in [6.07, 6.45) is -2.45. The van der Waals surface area contributed by atoms with E-state index >= 15 is 0 Å². The first-order chi connectivity index (χ1) is 10.9. The summed E-state index contributed by atoms with van der Waals surface area (Å²) in [5.41, 5.74) is 0. The van der Waals surface area contributed by atoms with Crippen molar-refractivity contribution in [2.45, 2.75) is 25.7 Å². The van der Waals surface area contributed by atoms with E-state index in [0.717, 1.165) is 0 Å². The number of carbonyl (C=O) groups excluding carboxylic acids is 6. The van der Waals surface area contributed by atoms with E-state index in [2.05, 4.69) is 0 Å². The minimum Gasteiger partial charge on any atom is -0.550 e. The van der Waals surface area contributed by atoms with Gasteiger partial charge in [0.15, 0.2) is 0 Å². The van der Waals surface area contributed by atoms with E-state index < -0.39 is 73.3 Å². The third-order valence-corrected chi connectivity index (χ3v) is 2.41. The topological polar surface area (TPSA) is 241 Å². The predicted octanol–water partition coefficient (Wildman–Crippen LogP) is -9.88. The summed E-state index contributed by atoms with van der Waals surface area (Å²) < 4.78 is 0. The monoisotopic (exact) mass is 466 g/mol. The summed E-state index contributed by atoms with van der Waals surface area (Å²) in [4.78, 5) is 59.7. The van der Waals surface area contributed by atoms with Crippen molar-refractivity contribution >= 4 is 149 Å². The fourth-order valence-electron chi connectivity index (χ4n) is 1.19. The minimum absolute atomic E-state index is 0. The Hall–Kier alpha value is 0.599. The quantitative estimate of drug-likeness (QED) is 0.215. The molecule has 0 spiro atoms. The van der Waals surface area contributed by atoms with Gasteiger partial charge >= 0.3 is 113 Å². The Morgan fingerprint density at radius 2 is 0.667 bits per heavy atom. The number of carboxylic acid groups (broad SMARTS) is 6. The van der Waals surface area contributed by atoms with Crippen LogP contribution >= 0.6 is 0 Å². The molecule has 0 radical (unpaired) electrons. The van der Waals surface area contributed by atoms with Gasteiger partial charge in [0.05, 0.1) is 23.9 Å². The minimum atomic E-state index is -1.89. The number of hydrogen-bond donors (Lipinski definition) is 0. The van der Waals surface area contributed by atoms with Crippen LogP contribution in [-0.2, 0) is 28.8 Å². The van der Waals surface area contributed by atoms with Crippen molar-refractivity contribution in [3.05, 3.63) is 0 Å². The van der Waals surface area contributed by atoms with Crippen molar-refractivity contribution in [3.8, 4) is 0 Å². The van der Waals surface area contributed by atoms with E-state index in [1.165, 1.54) is 0 Å². The Balaban J connectivity index is -0.000000108. The Labute approximate surface area is 242 Å². The zero-order valence-corrected chi connectivity index (χ0v) is 20.6. The van der Waals surface area contributed by atoms with Crippen LogP contribution in [0.5, 0.6) is 0 Å². The van der Waals surface area contributed by atoms with Crippen molar-refractivity contribution < 1.29 is 59.4 Å². The molecule has 0 heterocycles. The fourth-order valence-corrected chi connectivity index (χ4v) is 1.19. The molecule has 0 bridgehead atoms.